The van der Waals surface area contributed by atoms with E-state index in [4.69, 9.17) is 0 Å². The van der Waals surface area contributed by atoms with E-state index in [2.05, 4.69) is 26.1 Å². The zero-order valence-corrected chi connectivity index (χ0v) is 16.3. The van der Waals surface area contributed by atoms with Crippen LogP contribution in [0.15, 0.2) is 0 Å². The van der Waals surface area contributed by atoms with Gasteiger partial charge in [-0.15, -0.1) is 10.2 Å². The van der Waals surface area contributed by atoms with E-state index in [0.717, 1.165) is 42.0 Å². The van der Waals surface area contributed by atoms with Crippen LogP contribution in [0, 0.1) is 17.8 Å². The molecule has 0 saturated heterocycles. The molecular formula is C19H27N5O2S. The molecule has 1 heterocycles. The van der Waals surface area contributed by atoms with Crippen LogP contribution in [0.2, 0.25) is 0 Å². The minimum atomic E-state index is -0.136. The van der Waals surface area contributed by atoms with Crippen LogP contribution in [0.3, 0.4) is 0 Å². The molecule has 1 aromatic heterocycles. The highest BCUT2D eigenvalue weighted by atomic mass is 32.1. The molecule has 5 fully saturated rings. The van der Waals surface area contributed by atoms with Gasteiger partial charge in [-0.3, -0.25) is 4.79 Å². The van der Waals surface area contributed by atoms with Crippen molar-refractivity contribution in [2.45, 2.75) is 69.2 Å². The number of aromatic nitrogens is 2. The zero-order valence-electron chi connectivity index (χ0n) is 15.5. The molecule has 5 aliphatic rings. The standard InChI is InChI=1S/C19H27N5O2S/c25-15(21-18-24-23-16(27-18)14-1-2-14)3-4-20-17(26)22-19-8-11-5-12(9-19)7-13(6-11)10-19/h11-14H,1-10H2,(H2,20,22,26)(H,21,24,25). The van der Waals surface area contributed by atoms with Gasteiger partial charge in [0.1, 0.15) is 5.01 Å². The van der Waals surface area contributed by atoms with Crippen molar-refractivity contribution in [2.24, 2.45) is 17.8 Å². The maximum Gasteiger partial charge on any atom is 0.315 e. The largest absolute Gasteiger partial charge is 0.338 e. The summed E-state index contributed by atoms with van der Waals surface area (Å²) in [5.74, 6) is 2.81. The van der Waals surface area contributed by atoms with Crippen molar-refractivity contribution in [3.8, 4) is 0 Å². The van der Waals surface area contributed by atoms with Gasteiger partial charge in [-0.25, -0.2) is 4.79 Å². The molecule has 3 N–H and O–H groups in total. The van der Waals surface area contributed by atoms with Gasteiger partial charge in [-0.05, 0) is 69.1 Å². The quantitative estimate of drug-likeness (QED) is 0.697. The van der Waals surface area contributed by atoms with Crippen LogP contribution in [-0.2, 0) is 4.79 Å². The molecule has 5 aliphatic carbocycles. The average Bonchev–Trinajstić information content (AvgIpc) is 3.33. The second-order valence-corrected chi connectivity index (χ2v) is 10.1. The smallest absolute Gasteiger partial charge is 0.315 e. The molecule has 0 spiro atoms. The monoisotopic (exact) mass is 389 g/mol. The molecule has 4 bridgehead atoms. The lowest BCUT2D eigenvalue weighted by molar-refractivity contribution is -0.116. The van der Waals surface area contributed by atoms with Crippen LogP contribution in [-0.4, -0.2) is 34.2 Å². The number of amides is 3. The van der Waals surface area contributed by atoms with E-state index in [-0.39, 0.29) is 23.9 Å². The first-order chi connectivity index (χ1) is 13.1. The first kappa shape index (κ1) is 17.4. The summed E-state index contributed by atoms with van der Waals surface area (Å²) >= 11 is 1.45. The molecule has 146 valence electrons. The Hall–Kier alpha value is -1.70. The average molecular weight is 390 g/mol. The van der Waals surface area contributed by atoms with Crippen LogP contribution in [0.25, 0.3) is 0 Å². The lowest BCUT2D eigenvalue weighted by atomic mass is 9.53. The summed E-state index contributed by atoms with van der Waals surface area (Å²) in [6, 6.07) is -0.128. The van der Waals surface area contributed by atoms with E-state index < -0.39 is 0 Å². The van der Waals surface area contributed by atoms with Crippen LogP contribution >= 0.6 is 11.3 Å². The molecule has 7 nitrogen and oxygen atoms in total. The van der Waals surface area contributed by atoms with Gasteiger partial charge < -0.3 is 16.0 Å². The molecule has 27 heavy (non-hydrogen) atoms. The van der Waals surface area contributed by atoms with E-state index in [0.29, 0.717) is 17.6 Å². The van der Waals surface area contributed by atoms with E-state index in [1.807, 2.05) is 0 Å². The third-order valence-corrected chi connectivity index (χ3v) is 7.67. The van der Waals surface area contributed by atoms with Crippen LogP contribution in [0.4, 0.5) is 9.93 Å². The summed E-state index contributed by atoms with van der Waals surface area (Å²) in [4.78, 5) is 24.4. The second kappa shape index (κ2) is 6.72. The second-order valence-electron chi connectivity index (χ2n) is 9.10. The minimum absolute atomic E-state index is 0.00681. The third-order valence-electron chi connectivity index (χ3n) is 6.67. The predicted molar refractivity (Wildman–Crippen MR) is 103 cm³/mol. The Bertz CT molecular complexity index is 709. The number of urea groups is 1. The highest BCUT2D eigenvalue weighted by Gasteiger charge is 2.51. The van der Waals surface area contributed by atoms with Gasteiger partial charge in [-0.1, -0.05) is 11.3 Å². The first-order valence-electron chi connectivity index (χ1n) is 10.3. The van der Waals surface area contributed by atoms with Crippen molar-refractivity contribution in [3.63, 3.8) is 0 Å². The molecule has 0 unspecified atom stereocenters. The molecule has 5 saturated carbocycles. The van der Waals surface area contributed by atoms with Crippen LogP contribution in [0.5, 0.6) is 0 Å². The number of rotatable bonds is 6. The van der Waals surface area contributed by atoms with Crippen molar-refractivity contribution >= 4 is 28.4 Å². The Balaban J connectivity index is 1.06. The number of anilines is 1. The lowest BCUT2D eigenvalue weighted by Crippen LogP contribution is -2.61. The van der Waals surface area contributed by atoms with Gasteiger partial charge in [-0.2, -0.15) is 0 Å². The summed E-state index contributed by atoms with van der Waals surface area (Å²) < 4.78 is 0. The Labute approximate surface area is 163 Å². The fourth-order valence-corrected chi connectivity index (χ4v) is 6.73. The molecule has 0 radical (unpaired) electrons. The number of hydrogen-bond acceptors (Lipinski definition) is 5. The molecule has 8 heteroatoms. The third kappa shape index (κ3) is 3.81. The first-order valence-corrected chi connectivity index (χ1v) is 11.1. The van der Waals surface area contributed by atoms with Gasteiger partial charge in [0.25, 0.3) is 0 Å². The van der Waals surface area contributed by atoms with Crippen LogP contribution < -0.4 is 16.0 Å². The number of carbonyl (C=O) groups excluding carboxylic acids is 2. The van der Waals surface area contributed by atoms with Crippen molar-refractivity contribution in [2.75, 3.05) is 11.9 Å². The van der Waals surface area contributed by atoms with Gasteiger partial charge in [0.2, 0.25) is 11.0 Å². The Kier molecular flexibility index (Phi) is 4.33. The van der Waals surface area contributed by atoms with Crippen molar-refractivity contribution < 1.29 is 9.59 Å². The Morgan fingerprint density at radius 2 is 1.70 bits per heavy atom. The number of nitrogens with zero attached hydrogens (tertiary/aromatic N) is 2. The van der Waals surface area contributed by atoms with Gasteiger partial charge in [0.15, 0.2) is 0 Å². The predicted octanol–water partition coefficient (Wildman–Crippen LogP) is 3.01. The van der Waals surface area contributed by atoms with Crippen molar-refractivity contribution in [3.05, 3.63) is 5.01 Å². The van der Waals surface area contributed by atoms with Crippen molar-refractivity contribution in [1.29, 1.82) is 0 Å². The number of carbonyl (C=O) groups is 2. The number of nitrogens with one attached hydrogen (secondary N) is 3. The molecule has 6 rings (SSSR count). The summed E-state index contributed by atoms with van der Waals surface area (Å²) in [7, 11) is 0. The SMILES string of the molecule is O=C(CCNC(=O)NC12CC3CC(CC(C3)C1)C2)Nc1nnc(C2CC2)s1. The van der Waals surface area contributed by atoms with E-state index >= 15 is 0 Å². The molecule has 0 aliphatic heterocycles. The zero-order chi connectivity index (χ0) is 18.4. The normalized spacial score (nSPS) is 33.7. The number of hydrogen-bond donors (Lipinski definition) is 3. The minimum Gasteiger partial charge on any atom is -0.338 e. The summed E-state index contributed by atoms with van der Waals surface area (Å²) in [6.45, 7) is 0.332. The summed E-state index contributed by atoms with van der Waals surface area (Å²) in [5, 5.41) is 18.6. The molecular weight excluding hydrogens is 362 g/mol. The maximum atomic E-state index is 12.4. The fraction of sp³-hybridized carbons (Fsp3) is 0.789. The van der Waals surface area contributed by atoms with E-state index in [1.165, 1.54) is 43.4 Å². The van der Waals surface area contributed by atoms with Crippen LogP contribution in [0.1, 0.15) is 68.7 Å². The Morgan fingerprint density at radius 1 is 1.04 bits per heavy atom. The summed E-state index contributed by atoms with van der Waals surface area (Å²) in [5.41, 5.74) is 0.00681. The fourth-order valence-electron chi connectivity index (χ4n) is 5.80. The molecule has 3 amide bonds. The van der Waals surface area contributed by atoms with Gasteiger partial charge in [0.05, 0.1) is 0 Å². The highest BCUT2D eigenvalue weighted by molar-refractivity contribution is 7.15. The van der Waals surface area contributed by atoms with Crippen molar-refractivity contribution in [1.82, 2.24) is 20.8 Å². The van der Waals surface area contributed by atoms with E-state index in [9.17, 15) is 9.59 Å². The molecule has 0 atom stereocenters. The molecule has 1 aromatic rings. The lowest BCUT2D eigenvalue weighted by Gasteiger charge is -2.56. The maximum absolute atomic E-state index is 12.4. The van der Waals surface area contributed by atoms with Gasteiger partial charge in [0, 0.05) is 24.4 Å². The topological polar surface area (TPSA) is 96.0 Å². The van der Waals surface area contributed by atoms with E-state index in [1.54, 1.807) is 0 Å². The Morgan fingerprint density at radius 3 is 2.33 bits per heavy atom. The highest BCUT2D eigenvalue weighted by Crippen LogP contribution is 2.55. The summed E-state index contributed by atoms with van der Waals surface area (Å²) in [6.07, 6.45) is 10.1. The molecule has 0 aromatic carbocycles. The van der Waals surface area contributed by atoms with Gasteiger partial charge >= 0.3 is 6.03 Å².